The average molecular weight is 348 g/mol. The van der Waals surface area contributed by atoms with Crippen molar-refractivity contribution in [3.63, 3.8) is 0 Å². The summed E-state index contributed by atoms with van der Waals surface area (Å²) in [4.78, 5) is 30.7. The summed E-state index contributed by atoms with van der Waals surface area (Å²) in [6.45, 7) is 2.36. The van der Waals surface area contributed by atoms with Gasteiger partial charge in [-0.15, -0.1) is 0 Å². The van der Waals surface area contributed by atoms with Crippen LogP contribution in [-0.2, 0) is 24.2 Å². The van der Waals surface area contributed by atoms with Crippen molar-refractivity contribution in [2.24, 2.45) is 0 Å². The summed E-state index contributed by atoms with van der Waals surface area (Å²) in [5, 5.41) is 0.426. The molecule has 5 nitrogen and oxygen atoms in total. The van der Waals surface area contributed by atoms with Crippen molar-refractivity contribution in [1.82, 2.24) is 9.88 Å². The van der Waals surface area contributed by atoms with Gasteiger partial charge in [0.2, 0.25) is 0 Å². The first-order valence-corrected chi connectivity index (χ1v) is 8.68. The van der Waals surface area contributed by atoms with Gasteiger partial charge in [0.05, 0.1) is 23.6 Å². The molecule has 0 atom stereocenters. The zero-order valence-corrected chi connectivity index (χ0v) is 14.6. The largest absolute Gasteiger partial charge is 0.465 e. The minimum Gasteiger partial charge on any atom is -0.465 e. The van der Waals surface area contributed by atoms with Crippen molar-refractivity contribution in [3.8, 4) is 0 Å². The van der Waals surface area contributed by atoms with Gasteiger partial charge in [-0.1, -0.05) is 36.4 Å². The number of nitrogens with zero attached hydrogens (tertiary/aromatic N) is 1. The Morgan fingerprint density at radius 1 is 1.15 bits per heavy atom. The van der Waals surface area contributed by atoms with Crippen molar-refractivity contribution in [1.29, 1.82) is 0 Å². The molecule has 1 N–H and O–H groups in total. The number of methoxy groups -OCH3 is 1. The topological polar surface area (TPSA) is 62.4 Å². The van der Waals surface area contributed by atoms with Crippen LogP contribution in [0.25, 0.3) is 10.9 Å². The molecule has 0 saturated heterocycles. The van der Waals surface area contributed by atoms with E-state index in [9.17, 15) is 9.59 Å². The molecule has 0 aliphatic carbocycles. The van der Waals surface area contributed by atoms with E-state index < -0.39 is 5.97 Å². The molecule has 1 aliphatic rings. The second kappa shape index (κ2) is 6.77. The van der Waals surface area contributed by atoms with Crippen molar-refractivity contribution < 1.29 is 9.53 Å². The molecule has 3 aromatic rings. The van der Waals surface area contributed by atoms with Crippen molar-refractivity contribution in [2.75, 3.05) is 13.7 Å². The minimum absolute atomic E-state index is 0.0610. The number of carbonyl (C=O) groups excluding carboxylic acids is 1. The smallest absolute Gasteiger partial charge is 0.338 e. The van der Waals surface area contributed by atoms with Crippen molar-refractivity contribution in [2.45, 2.75) is 19.5 Å². The van der Waals surface area contributed by atoms with Crippen LogP contribution < -0.4 is 5.43 Å². The molecule has 0 spiro atoms. The van der Waals surface area contributed by atoms with Crippen LogP contribution in [0.4, 0.5) is 0 Å². The molecular formula is C21H20N2O3. The fourth-order valence-electron chi connectivity index (χ4n) is 3.66. The maximum absolute atomic E-state index is 13.0. The lowest BCUT2D eigenvalue weighted by atomic mass is 9.98. The maximum Gasteiger partial charge on any atom is 0.338 e. The Bertz CT molecular complexity index is 1020. The molecule has 0 radical (unpaired) electrons. The molecule has 0 fully saturated rings. The number of hydrogen-bond acceptors (Lipinski definition) is 4. The lowest BCUT2D eigenvalue weighted by molar-refractivity contribution is 0.0603. The zero-order chi connectivity index (χ0) is 18.1. The number of rotatable bonds is 3. The van der Waals surface area contributed by atoms with Crippen molar-refractivity contribution >= 4 is 16.9 Å². The van der Waals surface area contributed by atoms with Gasteiger partial charge in [0, 0.05) is 30.9 Å². The number of H-pyrrole nitrogens is 1. The first kappa shape index (κ1) is 16.5. The van der Waals surface area contributed by atoms with Gasteiger partial charge < -0.3 is 9.72 Å². The lowest BCUT2D eigenvalue weighted by Crippen LogP contribution is -2.34. The van der Waals surface area contributed by atoms with Gasteiger partial charge in [-0.3, -0.25) is 9.69 Å². The summed E-state index contributed by atoms with van der Waals surface area (Å²) in [5.74, 6) is -0.484. The highest BCUT2D eigenvalue weighted by molar-refractivity contribution is 6.03. The molecule has 0 saturated carbocycles. The number of hydrogen-bond donors (Lipinski definition) is 1. The molecule has 0 unspecified atom stereocenters. The van der Waals surface area contributed by atoms with Gasteiger partial charge in [-0.05, 0) is 24.1 Å². The molecule has 26 heavy (non-hydrogen) atoms. The standard InChI is InChI=1S/C21H20N2O3/c1-26-21(25)16-8-5-9-17-19(16)20(24)15-10-11-23(13-18(15)22-17)12-14-6-3-2-4-7-14/h2-9H,10-13H2,1H3,(H,22,24). The van der Waals surface area contributed by atoms with Crippen LogP contribution in [-0.4, -0.2) is 29.5 Å². The van der Waals surface area contributed by atoms with E-state index in [0.717, 1.165) is 24.3 Å². The number of benzene rings is 2. The normalized spacial score (nSPS) is 14.2. The molecule has 132 valence electrons. The molecule has 0 bridgehead atoms. The molecule has 1 aromatic heterocycles. The third-order valence-corrected chi connectivity index (χ3v) is 4.93. The molecule has 1 aliphatic heterocycles. The highest BCUT2D eigenvalue weighted by Crippen LogP contribution is 2.22. The third kappa shape index (κ3) is 2.91. The Hall–Kier alpha value is -2.92. The SMILES string of the molecule is COC(=O)c1cccc2[nH]c3c(c(=O)c12)CCN(Cc1ccccc1)C3. The van der Waals surface area contributed by atoms with E-state index in [1.165, 1.54) is 12.7 Å². The minimum atomic E-state index is -0.484. The van der Waals surface area contributed by atoms with Crippen LogP contribution in [0, 0.1) is 0 Å². The second-order valence-corrected chi connectivity index (χ2v) is 6.58. The first-order valence-electron chi connectivity index (χ1n) is 8.68. The fourth-order valence-corrected chi connectivity index (χ4v) is 3.66. The van der Waals surface area contributed by atoms with Crippen LogP contribution in [0.3, 0.4) is 0 Å². The Labute approximate surface area is 151 Å². The van der Waals surface area contributed by atoms with Gasteiger partial charge in [0.15, 0.2) is 5.43 Å². The Kier molecular flexibility index (Phi) is 4.31. The van der Waals surface area contributed by atoms with Crippen LogP contribution >= 0.6 is 0 Å². The average Bonchev–Trinajstić information content (AvgIpc) is 2.67. The highest BCUT2D eigenvalue weighted by atomic mass is 16.5. The number of fused-ring (bicyclic) bond motifs is 2. The zero-order valence-electron chi connectivity index (χ0n) is 14.6. The number of aromatic amines is 1. The molecule has 0 amide bonds. The van der Waals surface area contributed by atoms with Crippen LogP contribution in [0.2, 0.25) is 0 Å². The fraction of sp³-hybridized carbons (Fsp3) is 0.238. The number of carbonyl (C=O) groups is 1. The van der Waals surface area contributed by atoms with Crippen LogP contribution in [0.5, 0.6) is 0 Å². The maximum atomic E-state index is 13.0. The van der Waals surface area contributed by atoms with E-state index in [-0.39, 0.29) is 5.43 Å². The van der Waals surface area contributed by atoms with E-state index in [4.69, 9.17) is 4.74 Å². The van der Waals surface area contributed by atoms with E-state index >= 15 is 0 Å². The second-order valence-electron chi connectivity index (χ2n) is 6.58. The Balaban J connectivity index is 1.72. The first-order chi connectivity index (χ1) is 12.7. The summed E-state index contributed by atoms with van der Waals surface area (Å²) in [5.41, 5.74) is 3.91. The summed E-state index contributed by atoms with van der Waals surface area (Å²) >= 11 is 0. The molecule has 5 heteroatoms. The van der Waals surface area contributed by atoms with Gasteiger partial charge in [0.25, 0.3) is 0 Å². The van der Waals surface area contributed by atoms with Gasteiger partial charge >= 0.3 is 5.97 Å². The van der Waals surface area contributed by atoms with E-state index in [1.807, 2.05) is 24.3 Å². The van der Waals surface area contributed by atoms with E-state index in [1.54, 1.807) is 12.1 Å². The van der Waals surface area contributed by atoms with Gasteiger partial charge in [-0.2, -0.15) is 0 Å². The number of esters is 1. The number of ether oxygens (including phenoxy) is 1. The summed E-state index contributed by atoms with van der Waals surface area (Å²) in [6.07, 6.45) is 0.670. The van der Waals surface area contributed by atoms with Gasteiger partial charge in [-0.25, -0.2) is 4.79 Å². The highest BCUT2D eigenvalue weighted by Gasteiger charge is 2.23. The quantitative estimate of drug-likeness (QED) is 0.740. The summed E-state index contributed by atoms with van der Waals surface area (Å²) < 4.78 is 4.83. The van der Waals surface area contributed by atoms with Crippen molar-refractivity contribution in [3.05, 3.63) is 81.1 Å². The molecule has 4 rings (SSSR count). The summed E-state index contributed by atoms with van der Waals surface area (Å²) in [7, 11) is 1.33. The third-order valence-electron chi connectivity index (χ3n) is 4.93. The predicted molar refractivity (Wildman–Crippen MR) is 100 cm³/mol. The number of aromatic nitrogens is 1. The van der Waals surface area contributed by atoms with Gasteiger partial charge in [0.1, 0.15) is 0 Å². The van der Waals surface area contributed by atoms with Crippen LogP contribution in [0.15, 0.2) is 53.3 Å². The van der Waals surface area contributed by atoms with Crippen LogP contribution in [0.1, 0.15) is 27.2 Å². The lowest BCUT2D eigenvalue weighted by Gasteiger charge is -2.28. The Morgan fingerprint density at radius 2 is 1.96 bits per heavy atom. The number of nitrogens with one attached hydrogen (secondary N) is 1. The molecular weight excluding hydrogens is 328 g/mol. The predicted octanol–water partition coefficient (Wildman–Crippen LogP) is 2.87. The van der Waals surface area contributed by atoms with E-state index in [0.29, 0.717) is 29.4 Å². The molecule has 2 heterocycles. The number of pyridine rings is 1. The Morgan fingerprint density at radius 3 is 2.73 bits per heavy atom. The monoisotopic (exact) mass is 348 g/mol. The van der Waals surface area contributed by atoms with E-state index in [2.05, 4.69) is 22.0 Å². The molecule has 2 aromatic carbocycles. The summed E-state index contributed by atoms with van der Waals surface area (Å²) in [6, 6.07) is 15.6.